The fourth-order valence-corrected chi connectivity index (χ4v) is 3.14. The number of hydrogen-bond acceptors (Lipinski definition) is 4. The number of nitrogens with zero attached hydrogens (tertiary/aromatic N) is 2. The molecule has 1 heterocycles. The van der Waals surface area contributed by atoms with Crippen molar-refractivity contribution in [1.82, 2.24) is 9.97 Å². The Morgan fingerprint density at radius 3 is 2.62 bits per heavy atom. The second-order valence-electron chi connectivity index (χ2n) is 4.95. The predicted molar refractivity (Wildman–Crippen MR) is 95.1 cm³/mol. The first-order valence-corrected chi connectivity index (χ1v) is 8.19. The van der Waals surface area contributed by atoms with Gasteiger partial charge in [-0.25, -0.2) is 9.97 Å². The van der Waals surface area contributed by atoms with Gasteiger partial charge in [0.15, 0.2) is 5.82 Å². The Balaban J connectivity index is 2.59. The van der Waals surface area contributed by atoms with Gasteiger partial charge in [-0.15, -0.1) is 0 Å². The van der Waals surface area contributed by atoms with Gasteiger partial charge in [-0.2, -0.15) is 0 Å². The summed E-state index contributed by atoms with van der Waals surface area (Å²) in [5.74, 6) is 1.79. The van der Waals surface area contributed by atoms with Gasteiger partial charge in [0.1, 0.15) is 11.6 Å². The van der Waals surface area contributed by atoms with Gasteiger partial charge in [-0.1, -0.05) is 25.4 Å². The molecule has 0 aliphatic heterocycles. The highest BCUT2D eigenvalue weighted by molar-refractivity contribution is 14.1. The maximum absolute atomic E-state index is 9.53. The van der Waals surface area contributed by atoms with E-state index in [1.807, 2.05) is 6.92 Å². The van der Waals surface area contributed by atoms with Crippen LogP contribution in [0.4, 0.5) is 5.82 Å². The normalized spacial score (nSPS) is 11.0. The van der Waals surface area contributed by atoms with Crippen molar-refractivity contribution in [2.75, 3.05) is 11.9 Å². The van der Waals surface area contributed by atoms with E-state index < -0.39 is 0 Å². The van der Waals surface area contributed by atoms with Crippen molar-refractivity contribution in [3.05, 3.63) is 32.5 Å². The Hall–Kier alpha value is -1.08. The Bertz CT molecular complexity index is 662. The summed E-state index contributed by atoms with van der Waals surface area (Å²) in [4.78, 5) is 9.23. The lowest BCUT2D eigenvalue weighted by atomic mass is 10.1. The Morgan fingerprint density at radius 2 is 2.05 bits per heavy atom. The molecule has 2 aromatic rings. The largest absolute Gasteiger partial charge is 0.506 e. The molecular weight excluding hydrogens is 401 g/mol. The highest BCUT2D eigenvalue weighted by atomic mass is 127. The lowest BCUT2D eigenvalue weighted by Crippen LogP contribution is -2.09. The molecule has 0 amide bonds. The molecule has 0 aliphatic rings. The average molecular weight is 418 g/mol. The van der Waals surface area contributed by atoms with E-state index in [0.717, 1.165) is 27.2 Å². The number of aromatic hydroxyl groups is 1. The molecule has 2 N–H and O–H groups in total. The van der Waals surface area contributed by atoms with E-state index >= 15 is 0 Å². The molecule has 0 unspecified atom stereocenters. The summed E-state index contributed by atoms with van der Waals surface area (Å²) in [5, 5.41) is 13.1. The third-order valence-corrected chi connectivity index (χ3v) is 4.34. The van der Waals surface area contributed by atoms with Crippen molar-refractivity contribution in [1.29, 1.82) is 0 Å². The number of aromatic nitrogens is 2. The average Bonchev–Trinajstić information content (AvgIpc) is 2.44. The molecule has 0 spiro atoms. The summed E-state index contributed by atoms with van der Waals surface area (Å²) < 4.78 is 1.04. The topological polar surface area (TPSA) is 58.0 Å². The molecule has 0 fully saturated rings. The van der Waals surface area contributed by atoms with Crippen LogP contribution in [-0.4, -0.2) is 21.6 Å². The predicted octanol–water partition coefficient (Wildman–Crippen LogP) is 4.66. The van der Waals surface area contributed by atoms with Gasteiger partial charge in [-0.3, -0.25) is 0 Å². The van der Waals surface area contributed by atoms with Crippen molar-refractivity contribution in [2.45, 2.75) is 26.7 Å². The smallest absolute Gasteiger partial charge is 0.161 e. The minimum atomic E-state index is 0.0573. The number of rotatable bonds is 4. The lowest BCUT2D eigenvalue weighted by Gasteiger charge is -2.14. The number of phenols is 1. The summed E-state index contributed by atoms with van der Waals surface area (Å²) >= 11 is 8.25. The molecule has 112 valence electrons. The maximum atomic E-state index is 9.53. The van der Waals surface area contributed by atoms with E-state index in [2.05, 4.69) is 51.7 Å². The lowest BCUT2D eigenvalue weighted by molar-refractivity contribution is 0.475. The molecule has 1 aromatic carbocycles. The van der Waals surface area contributed by atoms with Crippen LogP contribution in [0.25, 0.3) is 11.4 Å². The van der Waals surface area contributed by atoms with Crippen LogP contribution in [0.3, 0.4) is 0 Å². The van der Waals surface area contributed by atoms with Crippen LogP contribution >= 0.6 is 34.2 Å². The molecule has 0 atom stereocenters. The maximum Gasteiger partial charge on any atom is 0.161 e. The molecular formula is C15H17ClIN3O. The van der Waals surface area contributed by atoms with E-state index in [-0.39, 0.29) is 5.75 Å². The van der Waals surface area contributed by atoms with Crippen LogP contribution in [0.5, 0.6) is 5.75 Å². The molecule has 0 saturated carbocycles. The zero-order valence-electron chi connectivity index (χ0n) is 12.1. The first-order valence-electron chi connectivity index (χ1n) is 6.74. The van der Waals surface area contributed by atoms with E-state index in [1.165, 1.54) is 0 Å². The SMILES string of the molecule is CCNc1nc(-c2ccc(O)c(Cl)c2)nc(C(C)C)c1I. The van der Waals surface area contributed by atoms with Gasteiger partial charge in [0.25, 0.3) is 0 Å². The van der Waals surface area contributed by atoms with E-state index in [0.29, 0.717) is 16.8 Å². The van der Waals surface area contributed by atoms with E-state index in [4.69, 9.17) is 11.6 Å². The van der Waals surface area contributed by atoms with Crippen LogP contribution in [0.15, 0.2) is 18.2 Å². The number of nitrogens with one attached hydrogen (secondary N) is 1. The van der Waals surface area contributed by atoms with Crippen molar-refractivity contribution in [3.8, 4) is 17.1 Å². The molecule has 1 aromatic heterocycles. The Labute approximate surface area is 143 Å². The summed E-state index contributed by atoms with van der Waals surface area (Å²) in [5.41, 5.74) is 1.79. The minimum absolute atomic E-state index is 0.0573. The van der Waals surface area contributed by atoms with Crippen molar-refractivity contribution in [3.63, 3.8) is 0 Å². The molecule has 2 rings (SSSR count). The number of halogens is 2. The fraction of sp³-hybridized carbons (Fsp3) is 0.333. The van der Waals surface area contributed by atoms with Crippen LogP contribution in [0, 0.1) is 3.57 Å². The van der Waals surface area contributed by atoms with Gasteiger partial charge in [-0.05, 0) is 53.6 Å². The second kappa shape index (κ2) is 6.79. The van der Waals surface area contributed by atoms with Crippen LogP contribution in [0.1, 0.15) is 32.4 Å². The summed E-state index contributed by atoms with van der Waals surface area (Å²) in [6.45, 7) is 7.03. The van der Waals surface area contributed by atoms with Gasteiger partial charge in [0, 0.05) is 12.1 Å². The van der Waals surface area contributed by atoms with E-state index in [1.54, 1.807) is 18.2 Å². The second-order valence-corrected chi connectivity index (χ2v) is 6.43. The van der Waals surface area contributed by atoms with Crippen molar-refractivity contribution >= 4 is 40.0 Å². The number of phenolic OH excluding ortho intramolecular Hbond substituents is 1. The summed E-state index contributed by atoms with van der Waals surface area (Å²) in [6.07, 6.45) is 0. The summed E-state index contributed by atoms with van der Waals surface area (Å²) in [7, 11) is 0. The Kier molecular flexibility index (Phi) is 5.27. The van der Waals surface area contributed by atoms with Crippen molar-refractivity contribution < 1.29 is 5.11 Å². The van der Waals surface area contributed by atoms with Crippen LogP contribution in [-0.2, 0) is 0 Å². The quantitative estimate of drug-likeness (QED) is 0.710. The van der Waals surface area contributed by atoms with Crippen LogP contribution < -0.4 is 5.32 Å². The highest BCUT2D eigenvalue weighted by Gasteiger charge is 2.16. The van der Waals surface area contributed by atoms with Crippen molar-refractivity contribution in [2.24, 2.45) is 0 Å². The third kappa shape index (κ3) is 3.58. The fourth-order valence-electron chi connectivity index (χ4n) is 1.91. The summed E-state index contributed by atoms with van der Waals surface area (Å²) in [6, 6.07) is 5.00. The first kappa shape index (κ1) is 16.3. The van der Waals surface area contributed by atoms with Gasteiger partial charge < -0.3 is 10.4 Å². The zero-order valence-corrected chi connectivity index (χ0v) is 15.0. The zero-order chi connectivity index (χ0) is 15.6. The van der Waals surface area contributed by atoms with Crippen LogP contribution in [0.2, 0.25) is 5.02 Å². The minimum Gasteiger partial charge on any atom is -0.506 e. The standard InChI is InChI=1S/C15H17ClIN3O/c1-4-18-15-12(17)13(8(2)3)19-14(20-15)9-5-6-11(21)10(16)7-9/h5-8,21H,4H2,1-3H3,(H,18,19,20). The third-order valence-electron chi connectivity index (χ3n) is 2.97. The molecule has 0 aliphatic carbocycles. The van der Waals surface area contributed by atoms with E-state index in [9.17, 15) is 5.11 Å². The molecule has 0 bridgehead atoms. The monoisotopic (exact) mass is 417 g/mol. The number of anilines is 1. The molecule has 21 heavy (non-hydrogen) atoms. The Morgan fingerprint density at radius 1 is 1.33 bits per heavy atom. The number of benzene rings is 1. The number of hydrogen-bond donors (Lipinski definition) is 2. The van der Waals surface area contributed by atoms with Gasteiger partial charge in [0.2, 0.25) is 0 Å². The molecule has 6 heteroatoms. The highest BCUT2D eigenvalue weighted by Crippen LogP contribution is 2.31. The van der Waals surface area contributed by atoms with Gasteiger partial charge in [0.05, 0.1) is 14.3 Å². The van der Waals surface area contributed by atoms with Gasteiger partial charge >= 0.3 is 0 Å². The molecule has 0 saturated heterocycles. The molecule has 4 nitrogen and oxygen atoms in total. The first-order chi connectivity index (χ1) is 9.93. The molecule has 0 radical (unpaired) electrons.